The van der Waals surface area contributed by atoms with Crippen molar-refractivity contribution in [3.63, 3.8) is 0 Å². The smallest absolute Gasteiger partial charge is 0.265 e. The van der Waals surface area contributed by atoms with E-state index in [1.54, 1.807) is 36.4 Å². The molecule has 25 heavy (non-hydrogen) atoms. The molecule has 3 nitrogen and oxygen atoms in total. The fourth-order valence-corrected chi connectivity index (χ4v) is 4.50. The van der Waals surface area contributed by atoms with Crippen LogP contribution in [0.25, 0.3) is 0 Å². The maximum atomic E-state index is 13.3. The van der Waals surface area contributed by atoms with Crippen LogP contribution in [0.5, 0.6) is 0 Å². The van der Waals surface area contributed by atoms with E-state index in [9.17, 15) is 12.8 Å². The van der Waals surface area contributed by atoms with Gasteiger partial charge in [-0.15, -0.1) is 0 Å². The summed E-state index contributed by atoms with van der Waals surface area (Å²) in [4.78, 5) is 0.170. The summed E-state index contributed by atoms with van der Waals surface area (Å²) < 4.78 is 43.8. The minimum atomic E-state index is -3.80. The Bertz CT molecular complexity index is 805. The molecular formula is C20H23FO3S. The summed E-state index contributed by atoms with van der Waals surface area (Å²) in [5.74, 6) is -0.289. The maximum Gasteiger partial charge on any atom is 0.297 e. The zero-order chi connectivity index (χ0) is 17.9. The van der Waals surface area contributed by atoms with Gasteiger partial charge in [-0.1, -0.05) is 49.1 Å². The molecule has 0 aliphatic heterocycles. The van der Waals surface area contributed by atoms with Crippen molar-refractivity contribution in [2.24, 2.45) is 0 Å². The molecule has 0 aromatic heterocycles. The van der Waals surface area contributed by atoms with Crippen LogP contribution in [0.2, 0.25) is 0 Å². The van der Waals surface area contributed by atoms with Gasteiger partial charge in [0.2, 0.25) is 0 Å². The van der Waals surface area contributed by atoms with Gasteiger partial charge >= 0.3 is 0 Å². The Hall–Kier alpha value is -1.72. The van der Waals surface area contributed by atoms with Gasteiger partial charge in [0.05, 0.1) is 11.5 Å². The van der Waals surface area contributed by atoms with Crippen molar-refractivity contribution in [3.05, 3.63) is 65.5 Å². The average molecular weight is 362 g/mol. The molecule has 0 N–H and O–H groups in total. The lowest BCUT2D eigenvalue weighted by molar-refractivity contribution is 0.173. The maximum absolute atomic E-state index is 13.3. The second-order valence-electron chi connectivity index (χ2n) is 6.88. The van der Waals surface area contributed by atoms with Crippen molar-refractivity contribution < 1.29 is 17.0 Å². The van der Waals surface area contributed by atoms with E-state index in [2.05, 4.69) is 0 Å². The van der Waals surface area contributed by atoms with E-state index in [0.717, 1.165) is 43.2 Å². The van der Waals surface area contributed by atoms with Crippen molar-refractivity contribution in [2.75, 3.05) is 6.61 Å². The number of hydrogen-bond donors (Lipinski definition) is 0. The van der Waals surface area contributed by atoms with E-state index in [-0.39, 0.29) is 22.7 Å². The van der Waals surface area contributed by atoms with Crippen molar-refractivity contribution in [2.45, 2.75) is 49.3 Å². The number of benzene rings is 2. The van der Waals surface area contributed by atoms with Gasteiger partial charge in [-0.2, -0.15) is 8.42 Å². The van der Waals surface area contributed by atoms with Gasteiger partial charge in [-0.05, 0) is 49.6 Å². The molecule has 1 aliphatic rings. The Balaban J connectivity index is 1.83. The summed E-state index contributed by atoms with van der Waals surface area (Å²) in [6.45, 7) is 2.00. The standard InChI is InChI=1S/C20H23FO3S/c1-16-5-11-19(12-6-16)25(22,23)24-15-20(13-3-2-4-14-20)17-7-9-18(21)10-8-17/h5-12H,2-4,13-15H2,1H3. The van der Waals surface area contributed by atoms with Crippen LogP contribution in [0, 0.1) is 12.7 Å². The molecule has 134 valence electrons. The van der Waals surface area contributed by atoms with Gasteiger partial charge in [0.25, 0.3) is 10.1 Å². The molecule has 1 saturated carbocycles. The van der Waals surface area contributed by atoms with Crippen LogP contribution < -0.4 is 0 Å². The highest BCUT2D eigenvalue weighted by molar-refractivity contribution is 7.86. The van der Waals surface area contributed by atoms with Crippen molar-refractivity contribution in [3.8, 4) is 0 Å². The molecule has 0 unspecified atom stereocenters. The van der Waals surface area contributed by atoms with Crippen LogP contribution in [0.3, 0.4) is 0 Å². The molecule has 2 aromatic carbocycles. The first kappa shape index (κ1) is 18.1. The first-order chi connectivity index (χ1) is 11.9. The first-order valence-corrected chi connectivity index (χ1v) is 10.0. The van der Waals surface area contributed by atoms with Crippen molar-refractivity contribution in [1.29, 1.82) is 0 Å². The molecule has 0 radical (unpaired) electrons. The van der Waals surface area contributed by atoms with Gasteiger partial charge < -0.3 is 0 Å². The molecular weight excluding hydrogens is 339 g/mol. The van der Waals surface area contributed by atoms with E-state index in [0.29, 0.717) is 0 Å². The van der Waals surface area contributed by atoms with Crippen LogP contribution in [-0.4, -0.2) is 15.0 Å². The van der Waals surface area contributed by atoms with Crippen molar-refractivity contribution >= 4 is 10.1 Å². The van der Waals surface area contributed by atoms with Gasteiger partial charge in [0, 0.05) is 5.41 Å². The number of aryl methyl sites for hydroxylation is 1. The van der Waals surface area contributed by atoms with Crippen LogP contribution in [0.15, 0.2) is 53.4 Å². The summed E-state index contributed by atoms with van der Waals surface area (Å²) in [6.07, 6.45) is 4.87. The molecule has 0 amide bonds. The topological polar surface area (TPSA) is 43.4 Å². The zero-order valence-electron chi connectivity index (χ0n) is 14.4. The van der Waals surface area contributed by atoms with Gasteiger partial charge in [-0.3, -0.25) is 4.18 Å². The highest BCUT2D eigenvalue weighted by Gasteiger charge is 2.36. The monoisotopic (exact) mass is 362 g/mol. The SMILES string of the molecule is Cc1ccc(S(=O)(=O)OCC2(c3ccc(F)cc3)CCCCC2)cc1. The third-order valence-electron chi connectivity index (χ3n) is 5.07. The van der Waals surface area contributed by atoms with Crippen LogP contribution in [-0.2, 0) is 19.7 Å². The Morgan fingerprint density at radius 3 is 2.16 bits per heavy atom. The fraction of sp³-hybridized carbons (Fsp3) is 0.400. The average Bonchev–Trinajstić information content (AvgIpc) is 2.62. The van der Waals surface area contributed by atoms with E-state index in [1.165, 1.54) is 12.1 Å². The molecule has 1 aliphatic carbocycles. The molecule has 0 spiro atoms. The molecule has 0 atom stereocenters. The second kappa shape index (κ2) is 7.26. The molecule has 3 rings (SSSR count). The normalized spacial score (nSPS) is 17.4. The quantitative estimate of drug-likeness (QED) is 0.722. The minimum absolute atomic E-state index is 0.0921. The Morgan fingerprint density at radius 2 is 1.56 bits per heavy atom. The zero-order valence-corrected chi connectivity index (χ0v) is 15.2. The molecule has 1 fully saturated rings. The Morgan fingerprint density at radius 1 is 0.960 bits per heavy atom. The first-order valence-electron chi connectivity index (χ1n) is 8.64. The lowest BCUT2D eigenvalue weighted by Gasteiger charge is -2.37. The largest absolute Gasteiger partial charge is 0.297 e. The summed E-state index contributed by atoms with van der Waals surface area (Å²) in [7, 11) is -3.80. The van der Waals surface area contributed by atoms with Gasteiger partial charge in [-0.25, -0.2) is 4.39 Å². The third-order valence-corrected chi connectivity index (χ3v) is 6.34. The van der Waals surface area contributed by atoms with Gasteiger partial charge in [0.15, 0.2) is 0 Å². The fourth-order valence-electron chi connectivity index (χ4n) is 3.51. The van der Waals surface area contributed by atoms with Crippen molar-refractivity contribution in [1.82, 2.24) is 0 Å². The third kappa shape index (κ3) is 4.10. The summed E-state index contributed by atoms with van der Waals surface area (Å²) in [6, 6.07) is 13.0. The van der Waals surface area contributed by atoms with E-state index < -0.39 is 10.1 Å². The van der Waals surface area contributed by atoms with E-state index in [4.69, 9.17) is 4.18 Å². The van der Waals surface area contributed by atoms with Crippen LogP contribution in [0.4, 0.5) is 4.39 Å². The lowest BCUT2D eigenvalue weighted by atomic mass is 9.70. The van der Waals surface area contributed by atoms with Crippen LogP contribution in [0.1, 0.15) is 43.2 Å². The van der Waals surface area contributed by atoms with E-state index >= 15 is 0 Å². The second-order valence-corrected chi connectivity index (χ2v) is 8.49. The van der Waals surface area contributed by atoms with Gasteiger partial charge in [0.1, 0.15) is 5.82 Å². The molecule has 0 bridgehead atoms. The highest BCUT2D eigenvalue weighted by atomic mass is 32.2. The summed E-state index contributed by atoms with van der Waals surface area (Å²) in [5.41, 5.74) is 1.57. The number of halogens is 1. The summed E-state index contributed by atoms with van der Waals surface area (Å²) in [5, 5.41) is 0. The predicted octanol–water partition coefficient (Wildman–Crippen LogP) is 4.74. The Labute approximate surface area is 149 Å². The predicted molar refractivity (Wildman–Crippen MR) is 95.5 cm³/mol. The molecule has 2 aromatic rings. The van der Waals surface area contributed by atoms with E-state index in [1.807, 2.05) is 6.92 Å². The number of rotatable bonds is 5. The highest BCUT2D eigenvalue weighted by Crippen LogP contribution is 2.40. The molecule has 0 heterocycles. The summed E-state index contributed by atoms with van der Waals surface area (Å²) >= 11 is 0. The minimum Gasteiger partial charge on any atom is -0.265 e. The van der Waals surface area contributed by atoms with Crippen LogP contribution >= 0.6 is 0 Å². The number of hydrogen-bond acceptors (Lipinski definition) is 3. The Kier molecular flexibility index (Phi) is 5.25. The lowest BCUT2D eigenvalue weighted by Crippen LogP contribution is -2.35. The molecule has 0 saturated heterocycles. The molecule has 5 heteroatoms.